The number of pyridine rings is 1. The largest absolute Gasteiger partial charge is 0.493 e. The number of amides is 1. The maximum atomic E-state index is 12.5. The topological polar surface area (TPSA) is 136 Å². The number of benzene rings is 1. The number of hydrogen-bond acceptors (Lipinski definition) is 8. The van der Waals surface area contributed by atoms with Crippen molar-refractivity contribution in [2.45, 2.75) is 17.2 Å². The molecule has 1 aromatic carbocycles. The van der Waals surface area contributed by atoms with Crippen molar-refractivity contribution in [2.24, 2.45) is 0 Å². The molecule has 1 heterocycles. The number of hydrogen-bond donors (Lipinski definition) is 3. The number of thioether (sulfide) groups is 1. The van der Waals surface area contributed by atoms with E-state index in [0.29, 0.717) is 22.2 Å². The molecule has 0 aliphatic carbocycles. The fourth-order valence-electron chi connectivity index (χ4n) is 2.14. The third-order valence-corrected chi connectivity index (χ3v) is 4.54. The van der Waals surface area contributed by atoms with Crippen molar-refractivity contribution in [3.63, 3.8) is 0 Å². The van der Waals surface area contributed by atoms with Gasteiger partial charge in [0.25, 0.3) is 0 Å². The SMILES string of the molecule is COc1ccc(NC(=O)[C@@H](C)Sc2nc(N)cc(N)c2C#N)cc1OC. The van der Waals surface area contributed by atoms with E-state index in [1.807, 2.05) is 6.07 Å². The number of aromatic nitrogens is 1. The van der Waals surface area contributed by atoms with Crippen molar-refractivity contribution in [1.82, 2.24) is 4.98 Å². The Bertz CT molecular complexity index is 866. The van der Waals surface area contributed by atoms with E-state index in [1.54, 1.807) is 25.1 Å². The molecule has 0 spiro atoms. The Morgan fingerprint density at radius 2 is 1.96 bits per heavy atom. The molecule has 136 valence electrons. The normalized spacial score (nSPS) is 11.3. The molecule has 0 saturated heterocycles. The van der Waals surface area contributed by atoms with Gasteiger partial charge in [-0.15, -0.1) is 0 Å². The summed E-state index contributed by atoms with van der Waals surface area (Å²) >= 11 is 1.11. The summed E-state index contributed by atoms with van der Waals surface area (Å²) in [5, 5.41) is 11.8. The smallest absolute Gasteiger partial charge is 0.237 e. The zero-order valence-corrected chi connectivity index (χ0v) is 15.4. The van der Waals surface area contributed by atoms with E-state index in [4.69, 9.17) is 20.9 Å². The second kappa shape index (κ2) is 8.31. The van der Waals surface area contributed by atoms with E-state index >= 15 is 0 Å². The number of nitrogens with two attached hydrogens (primary N) is 2. The first-order valence-corrected chi connectivity index (χ1v) is 8.43. The summed E-state index contributed by atoms with van der Waals surface area (Å²) in [6, 6.07) is 8.46. The first kappa shape index (κ1) is 19.2. The van der Waals surface area contributed by atoms with E-state index in [2.05, 4.69) is 10.3 Å². The van der Waals surface area contributed by atoms with Crippen LogP contribution in [0.5, 0.6) is 11.5 Å². The third kappa shape index (κ3) is 4.29. The molecule has 0 fully saturated rings. The number of nitrogens with one attached hydrogen (secondary N) is 1. The van der Waals surface area contributed by atoms with Crippen LogP contribution in [0.15, 0.2) is 29.3 Å². The highest BCUT2D eigenvalue weighted by Gasteiger charge is 2.20. The highest BCUT2D eigenvalue weighted by molar-refractivity contribution is 8.00. The van der Waals surface area contributed by atoms with Crippen LogP contribution >= 0.6 is 11.8 Å². The van der Waals surface area contributed by atoms with Gasteiger partial charge in [-0.1, -0.05) is 11.8 Å². The fourth-order valence-corrected chi connectivity index (χ4v) is 3.08. The number of methoxy groups -OCH3 is 2. The van der Waals surface area contributed by atoms with Crippen LogP contribution < -0.4 is 26.3 Å². The van der Waals surface area contributed by atoms with Gasteiger partial charge in [0.2, 0.25) is 5.91 Å². The number of carbonyl (C=O) groups excluding carboxylic acids is 1. The molecule has 0 saturated carbocycles. The zero-order chi connectivity index (χ0) is 19.3. The van der Waals surface area contributed by atoms with E-state index in [1.165, 1.54) is 20.3 Å². The van der Waals surface area contributed by atoms with Crippen molar-refractivity contribution in [1.29, 1.82) is 5.26 Å². The van der Waals surface area contributed by atoms with Crippen molar-refractivity contribution in [3.05, 3.63) is 29.8 Å². The molecule has 0 aliphatic rings. The Morgan fingerprint density at radius 3 is 2.58 bits per heavy atom. The molecule has 1 aromatic heterocycles. The molecule has 0 radical (unpaired) electrons. The van der Waals surface area contributed by atoms with Gasteiger partial charge >= 0.3 is 0 Å². The summed E-state index contributed by atoms with van der Waals surface area (Å²) in [7, 11) is 3.05. The van der Waals surface area contributed by atoms with Crippen LogP contribution in [0.1, 0.15) is 12.5 Å². The lowest BCUT2D eigenvalue weighted by molar-refractivity contribution is -0.115. The molecular formula is C17H19N5O3S. The second-order valence-corrected chi connectivity index (χ2v) is 6.58. The molecule has 0 unspecified atom stereocenters. The van der Waals surface area contributed by atoms with Crippen LogP contribution in [0.2, 0.25) is 0 Å². The number of nitrogen functional groups attached to an aromatic ring is 2. The molecular weight excluding hydrogens is 354 g/mol. The van der Waals surface area contributed by atoms with Gasteiger partial charge in [-0.25, -0.2) is 4.98 Å². The molecule has 8 nitrogen and oxygen atoms in total. The average Bonchev–Trinajstić information content (AvgIpc) is 2.61. The van der Waals surface area contributed by atoms with Gasteiger partial charge in [-0.2, -0.15) is 5.26 Å². The third-order valence-electron chi connectivity index (χ3n) is 3.46. The first-order chi connectivity index (χ1) is 12.4. The average molecular weight is 373 g/mol. The van der Waals surface area contributed by atoms with Gasteiger partial charge in [0, 0.05) is 17.8 Å². The number of rotatable bonds is 6. The van der Waals surface area contributed by atoms with Crippen molar-refractivity contribution in [3.8, 4) is 17.6 Å². The quantitative estimate of drug-likeness (QED) is 0.656. The highest BCUT2D eigenvalue weighted by atomic mass is 32.2. The minimum Gasteiger partial charge on any atom is -0.493 e. The second-order valence-electron chi connectivity index (χ2n) is 5.25. The molecule has 1 amide bonds. The number of carbonyl (C=O) groups is 1. The van der Waals surface area contributed by atoms with Crippen LogP contribution in [0.25, 0.3) is 0 Å². The molecule has 2 aromatic rings. The summed E-state index contributed by atoms with van der Waals surface area (Å²) in [6.07, 6.45) is 0. The van der Waals surface area contributed by atoms with Crippen molar-refractivity contribution in [2.75, 3.05) is 31.0 Å². The number of nitriles is 1. The van der Waals surface area contributed by atoms with Gasteiger partial charge in [0.05, 0.1) is 25.2 Å². The summed E-state index contributed by atoms with van der Waals surface area (Å²) in [4.78, 5) is 16.6. The molecule has 9 heteroatoms. The minimum atomic E-state index is -0.538. The van der Waals surface area contributed by atoms with Crippen LogP contribution in [-0.4, -0.2) is 30.4 Å². The predicted octanol–water partition coefficient (Wildman–Crippen LogP) is 2.25. The van der Waals surface area contributed by atoms with E-state index in [0.717, 1.165) is 11.8 Å². The monoisotopic (exact) mass is 373 g/mol. The maximum Gasteiger partial charge on any atom is 0.237 e. The minimum absolute atomic E-state index is 0.191. The summed E-state index contributed by atoms with van der Waals surface area (Å²) < 4.78 is 10.4. The predicted molar refractivity (Wildman–Crippen MR) is 101 cm³/mol. The van der Waals surface area contributed by atoms with Crippen LogP contribution in [0, 0.1) is 11.3 Å². The Kier molecular flexibility index (Phi) is 6.14. The standard InChI is InChI=1S/C17H19N5O3S/c1-9(26-17-11(8-18)12(19)7-15(20)22-17)16(23)21-10-4-5-13(24-2)14(6-10)25-3/h4-7,9H,1-3H3,(H,21,23)(H4,19,20,22)/t9-/m1/s1. The van der Waals surface area contributed by atoms with E-state index < -0.39 is 5.25 Å². The lowest BCUT2D eigenvalue weighted by atomic mass is 10.2. The number of ether oxygens (including phenoxy) is 2. The Labute approximate surface area is 155 Å². The number of anilines is 3. The van der Waals surface area contributed by atoms with Gasteiger partial charge in [-0.05, 0) is 19.1 Å². The number of nitrogens with zero attached hydrogens (tertiary/aromatic N) is 2. The maximum absolute atomic E-state index is 12.5. The van der Waals surface area contributed by atoms with Gasteiger partial charge in [0.15, 0.2) is 11.5 Å². The Morgan fingerprint density at radius 1 is 1.27 bits per heavy atom. The summed E-state index contributed by atoms with van der Waals surface area (Å²) in [5.41, 5.74) is 12.5. The molecule has 0 aliphatic heterocycles. The van der Waals surface area contributed by atoms with Crippen LogP contribution in [-0.2, 0) is 4.79 Å². The Hall–Kier alpha value is -3.12. The van der Waals surface area contributed by atoms with Gasteiger partial charge in [-0.3, -0.25) is 4.79 Å². The highest BCUT2D eigenvalue weighted by Crippen LogP contribution is 2.32. The van der Waals surface area contributed by atoms with Gasteiger partial charge in [0.1, 0.15) is 22.5 Å². The lowest BCUT2D eigenvalue weighted by Crippen LogP contribution is -2.22. The van der Waals surface area contributed by atoms with Crippen LogP contribution in [0.4, 0.5) is 17.2 Å². The van der Waals surface area contributed by atoms with Crippen LogP contribution in [0.3, 0.4) is 0 Å². The van der Waals surface area contributed by atoms with E-state index in [-0.39, 0.29) is 23.0 Å². The summed E-state index contributed by atoms with van der Waals surface area (Å²) in [6.45, 7) is 1.70. The Balaban J connectivity index is 2.15. The lowest BCUT2D eigenvalue weighted by Gasteiger charge is -2.14. The molecule has 2 rings (SSSR count). The van der Waals surface area contributed by atoms with Gasteiger partial charge < -0.3 is 26.3 Å². The molecule has 26 heavy (non-hydrogen) atoms. The first-order valence-electron chi connectivity index (χ1n) is 7.55. The van der Waals surface area contributed by atoms with Crippen molar-refractivity contribution >= 4 is 34.9 Å². The molecule has 1 atom stereocenters. The molecule has 0 bridgehead atoms. The van der Waals surface area contributed by atoms with Crippen molar-refractivity contribution < 1.29 is 14.3 Å². The molecule has 5 N–H and O–H groups in total. The van der Waals surface area contributed by atoms with E-state index in [9.17, 15) is 10.1 Å². The fraction of sp³-hybridized carbons (Fsp3) is 0.235. The summed E-state index contributed by atoms with van der Waals surface area (Å²) in [5.74, 6) is 0.985. The zero-order valence-electron chi connectivity index (χ0n) is 14.6.